The van der Waals surface area contributed by atoms with Gasteiger partial charge in [0.05, 0.1) is 0 Å². The smallest absolute Gasteiger partial charge is 0.0131 e. The molecule has 0 aliphatic heterocycles. The van der Waals surface area contributed by atoms with Crippen molar-refractivity contribution in [1.29, 1.82) is 0 Å². The molecule has 0 radical (unpaired) electrons. The van der Waals surface area contributed by atoms with Crippen LogP contribution in [0.2, 0.25) is 0 Å². The van der Waals surface area contributed by atoms with Gasteiger partial charge in [-0.15, -0.1) is 0 Å². The third-order valence-corrected chi connectivity index (χ3v) is 3.85. The molecular formula is C20H20. The minimum absolute atomic E-state index is 0.266. The Bertz CT molecular complexity index is 640. The SMILES string of the molecule is CC1(C)C=CC=C(c2ccc(-c3ccccc3)cc2)C1. The maximum absolute atomic E-state index is 2.29. The fraction of sp³-hybridized carbons (Fsp3) is 0.200. The second kappa shape index (κ2) is 5.13. The summed E-state index contributed by atoms with van der Waals surface area (Å²) in [4.78, 5) is 0. The van der Waals surface area contributed by atoms with Crippen LogP contribution in [0.25, 0.3) is 16.7 Å². The van der Waals surface area contributed by atoms with E-state index in [-0.39, 0.29) is 5.41 Å². The summed E-state index contributed by atoms with van der Waals surface area (Å²) in [5.74, 6) is 0. The zero-order valence-corrected chi connectivity index (χ0v) is 12.1. The third-order valence-electron chi connectivity index (χ3n) is 3.85. The van der Waals surface area contributed by atoms with Gasteiger partial charge in [-0.3, -0.25) is 0 Å². The van der Waals surface area contributed by atoms with Crippen LogP contribution in [-0.2, 0) is 0 Å². The Balaban J connectivity index is 1.88. The summed E-state index contributed by atoms with van der Waals surface area (Å²) in [6.07, 6.45) is 7.82. The van der Waals surface area contributed by atoms with Crippen molar-refractivity contribution in [1.82, 2.24) is 0 Å². The molecule has 0 N–H and O–H groups in total. The van der Waals surface area contributed by atoms with E-state index in [0.717, 1.165) is 6.42 Å². The van der Waals surface area contributed by atoms with E-state index in [9.17, 15) is 0 Å². The Hall–Kier alpha value is -2.08. The van der Waals surface area contributed by atoms with Crippen molar-refractivity contribution in [2.24, 2.45) is 5.41 Å². The van der Waals surface area contributed by atoms with Gasteiger partial charge in [-0.1, -0.05) is 86.7 Å². The highest BCUT2D eigenvalue weighted by Gasteiger charge is 2.19. The summed E-state index contributed by atoms with van der Waals surface area (Å²) in [6.45, 7) is 4.57. The van der Waals surface area contributed by atoms with E-state index in [2.05, 4.69) is 86.7 Å². The Morgan fingerprint density at radius 1 is 0.750 bits per heavy atom. The van der Waals surface area contributed by atoms with Crippen LogP contribution < -0.4 is 0 Å². The fourth-order valence-electron chi connectivity index (χ4n) is 2.74. The zero-order chi connectivity index (χ0) is 14.0. The van der Waals surface area contributed by atoms with Gasteiger partial charge in [0, 0.05) is 0 Å². The quantitative estimate of drug-likeness (QED) is 0.647. The predicted octanol–water partition coefficient (Wildman–Crippen LogP) is 5.72. The number of rotatable bonds is 2. The van der Waals surface area contributed by atoms with Gasteiger partial charge in [0.2, 0.25) is 0 Å². The first kappa shape index (κ1) is 12.9. The van der Waals surface area contributed by atoms with Gasteiger partial charge in [-0.2, -0.15) is 0 Å². The molecule has 0 nitrogen and oxygen atoms in total. The molecule has 2 aromatic rings. The fourth-order valence-corrected chi connectivity index (χ4v) is 2.74. The minimum Gasteiger partial charge on any atom is -0.0785 e. The van der Waals surface area contributed by atoms with E-state index in [1.165, 1.54) is 22.3 Å². The first-order chi connectivity index (χ1) is 9.64. The summed E-state index contributed by atoms with van der Waals surface area (Å²) in [5, 5.41) is 0. The molecule has 0 saturated heterocycles. The van der Waals surface area contributed by atoms with Crippen LogP contribution in [0.4, 0.5) is 0 Å². The molecule has 1 aliphatic rings. The lowest BCUT2D eigenvalue weighted by Crippen LogP contribution is -2.10. The summed E-state index contributed by atoms with van der Waals surface area (Å²) < 4.78 is 0. The second-order valence-corrected chi connectivity index (χ2v) is 6.16. The van der Waals surface area contributed by atoms with Crippen LogP contribution in [0.1, 0.15) is 25.8 Å². The molecule has 0 heteroatoms. The summed E-state index contributed by atoms with van der Waals surface area (Å²) >= 11 is 0. The maximum atomic E-state index is 2.29. The Kier molecular flexibility index (Phi) is 3.31. The molecule has 0 aromatic heterocycles. The highest BCUT2D eigenvalue weighted by molar-refractivity contribution is 5.72. The molecule has 0 unspecified atom stereocenters. The highest BCUT2D eigenvalue weighted by Crippen LogP contribution is 2.35. The van der Waals surface area contributed by atoms with Crippen molar-refractivity contribution in [2.75, 3.05) is 0 Å². The van der Waals surface area contributed by atoms with E-state index in [1.54, 1.807) is 0 Å². The standard InChI is InChI=1S/C20H20/c1-20(2)14-6-9-19(15-20)18-12-10-17(11-13-18)16-7-4-3-5-8-16/h3-14H,15H2,1-2H3. The Morgan fingerprint density at radius 3 is 2.00 bits per heavy atom. The van der Waals surface area contributed by atoms with Crippen molar-refractivity contribution < 1.29 is 0 Å². The largest absolute Gasteiger partial charge is 0.0785 e. The molecule has 0 atom stereocenters. The van der Waals surface area contributed by atoms with Crippen molar-refractivity contribution in [3.05, 3.63) is 78.4 Å². The summed E-state index contributed by atoms with van der Waals surface area (Å²) in [6, 6.07) is 19.4. The van der Waals surface area contributed by atoms with Crippen molar-refractivity contribution >= 4 is 5.57 Å². The zero-order valence-electron chi connectivity index (χ0n) is 12.1. The van der Waals surface area contributed by atoms with E-state index in [0.29, 0.717) is 0 Å². The molecule has 0 bridgehead atoms. The van der Waals surface area contributed by atoms with Crippen LogP contribution in [0.3, 0.4) is 0 Å². The second-order valence-electron chi connectivity index (χ2n) is 6.16. The molecular weight excluding hydrogens is 240 g/mol. The molecule has 2 aromatic carbocycles. The number of hydrogen-bond donors (Lipinski definition) is 0. The van der Waals surface area contributed by atoms with E-state index in [4.69, 9.17) is 0 Å². The molecule has 20 heavy (non-hydrogen) atoms. The first-order valence-corrected chi connectivity index (χ1v) is 7.18. The van der Waals surface area contributed by atoms with Crippen LogP contribution in [0, 0.1) is 5.41 Å². The van der Waals surface area contributed by atoms with Gasteiger partial charge in [-0.05, 0) is 34.1 Å². The Morgan fingerprint density at radius 2 is 1.35 bits per heavy atom. The van der Waals surface area contributed by atoms with Gasteiger partial charge in [-0.25, -0.2) is 0 Å². The highest BCUT2D eigenvalue weighted by atomic mass is 14.2. The molecule has 0 spiro atoms. The van der Waals surface area contributed by atoms with E-state index in [1.807, 2.05) is 0 Å². The van der Waals surface area contributed by atoms with Gasteiger partial charge in [0.15, 0.2) is 0 Å². The Labute approximate surface area is 121 Å². The normalized spacial score (nSPS) is 16.8. The topological polar surface area (TPSA) is 0 Å². The number of allylic oxidation sites excluding steroid dienone is 4. The minimum atomic E-state index is 0.266. The first-order valence-electron chi connectivity index (χ1n) is 7.18. The van der Waals surface area contributed by atoms with Crippen LogP contribution in [0.5, 0.6) is 0 Å². The molecule has 3 rings (SSSR count). The van der Waals surface area contributed by atoms with Crippen LogP contribution in [0.15, 0.2) is 72.8 Å². The maximum Gasteiger partial charge on any atom is -0.0131 e. The molecule has 0 amide bonds. The van der Waals surface area contributed by atoms with E-state index >= 15 is 0 Å². The number of hydrogen-bond acceptors (Lipinski definition) is 0. The van der Waals surface area contributed by atoms with Crippen LogP contribution in [-0.4, -0.2) is 0 Å². The van der Waals surface area contributed by atoms with Gasteiger partial charge < -0.3 is 0 Å². The lowest BCUT2D eigenvalue weighted by molar-refractivity contribution is 0.492. The lowest BCUT2D eigenvalue weighted by atomic mass is 9.80. The average molecular weight is 260 g/mol. The van der Waals surface area contributed by atoms with Crippen LogP contribution >= 0.6 is 0 Å². The molecule has 1 aliphatic carbocycles. The molecule has 0 heterocycles. The van der Waals surface area contributed by atoms with Gasteiger partial charge in [0.1, 0.15) is 0 Å². The lowest BCUT2D eigenvalue weighted by Gasteiger charge is -2.25. The molecule has 0 fully saturated rings. The van der Waals surface area contributed by atoms with Crippen molar-refractivity contribution in [3.63, 3.8) is 0 Å². The van der Waals surface area contributed by atoms with E-state index < -0.39 is 0 Å². The number of benzene rings is 2. The van der Waals surface area contributed by atoms with Gasteiger partial charge in [0.25, 0.3) is 0 Å². The van der Waals surface area contributed by atoms with Crippen molar-refractivity contribution in [2.45, 2.75) is 20.3 Å². The summed E-state index contributed by atoms with van der Waals surface area (Å²) in [5.41, 5.74) is 5.58. The molecule has 0 saturated carbocycles. The van der Waals surface area contributed by atoms with Crippen molar-refractivity contribution in [3.8, 4) is 11.1 Å². The predicted molar refractivity (Wildman–Crippen MR) is 87.4 cm³/mol. The monoisotopic (exact) mass is 260 g/mol. The van der Waals surface area contributed by atoms with Gasteiger partial charge >= 0.3 is 0 Å². The summed E-state index contributed by atoms with van der Waals surface area (Å²) in [7, 11) is 0. The average Bonchev–Trinajstić information content (AvgIpc) is 2.47. The molecule has 100 valence electrons. The third kappa shape index (κ3) is 2.75.